The van der Waals surface area contributed by atoms with E-state index < -0.39 is 5.72 Å². The molecule has 3 fully saturated rings. The van der Waals surface area contributed by atoms with Gasteiger partial charge in [0.1, 0.15) is 5.72 Å². The molecule has 164 valence electrons. The highest BCUT2D eigenvalue weighted by molar-refractivity contribution is 5.94. The molecular weight excluding hydrogens is 378 g/mol. The Hall–Kier alpha value is -2.08. The molecule has 6 nitrogen and oxygen atoms in total. The van der Waals surface area contributed by atoms with Gasteiger partial charge in [0.2, 0.25) is 0 Å². The first-order valence-electron chi connectivity index (χ1n) is 11.4. The Morgan fingerprint density at radius 1 is 1.10 bits per heavy atom. The number of ether oxygens (including phenoxy) is 1. The monoisotopic (exact) mass is 413 g/mol. The third-order valence-electron chi connectivity index (χ3n) is 6.95. The quantitative estimate of drug-likeness (QED) is 0.729. The molecular formula is C24H35N3O3. The zero-order chi connectivity index (χ0) is 21.3. The highest BCUT2D eigenvalue weighted by Crippen LogP contribution is 2.41. The molecule has 2 N–H and O–H groups in total. The molecule has 4 rings (SSSR count). The summed E-state index contributed by atoms with van der Waals surface area (Å²) in [6.45, 7) is 7.69. The number of rotatable bonds is 4. The molecule has 3 aliphatic rings. The molecule has 2 amide bonds. The van der Waals surface area contributed by atoms with Crippen molar-refractivity contribution >= 4 is 17.5 Å². The Balaban J connectivity index is 1.25. The molecule has 2 saturated heterocycles. The van der Waals surface area contributed by atoms with Crippen LogP contribution in [-0.4, -0.2) is 42.8 Å². The van der Waals surface area contributed by atoms with Crippen LogP contribution in [0.25, 0.3) is 0 Å². The van der Waals surface area contributed by atoms with E-state index in [-0.39, 0.29) is 24.0 Å². The second-order valence-electron chi connectivity index (χ2n) is 9.82. The lowest BCUT2D eigenvalue weighted by Crippen LogP contribution is -2.59. The zero-order valence-corrected chi connectivity index (χ0v) is 18.4. The van der Waals surface area contributed by atoms with Gasteiger partial charge in [-0.15, -0.1) is 0 Å². The lowest BCUT2D eigenvalue weighted by Gasteiger charge is -2.47. The van der Waals surface area contributed by atoms with E-state index in [1.165, 1.54) is 6.42 Å². The van der Waals surface area contributed by atoms with Crippen molar-refractivity contribution in [2.45, 2.75) is 77.2 Å². The predicted molar refractivity (Wildman–Crippen MR) is 118 cm³/mol. The summed E-state index contributed by atoms with van der Waals surface area (Å²) in [5, 5.41) is 6.29. The summed E-state index contributed by atoms with van der Waals surface area (Å²) in [5.74, 6) is 1.45. The molecule has 4 unspecified atom stereocenters. The lowest BCUT2D eigenvalue weighted by atomic mass is 9.75. The summed E-state index contributed by atoms with van der Waals surface area (Å²) >= 11 is 0. The summed E-state index contributed by atoms with van der Waals surface area (Å²) in [7, 11) is 0. The maximum Gasteiger partial charge on any atom is 0.317 e. The van der Waals surface area contributed by atoms with Crippen molar-refractivity contribution in [2.24, 2.45) is 11.8 Å². The van der Waals surface area contributed by atoms with E-state index in [0.717, 1.165) is 62.4 Å². The number of carbonyl (C=O) groups is 2. The number of amides is 2. The zero-order valence-electron chi connectivity index (χ0n) is 18.4. The van der Waals surface area contributed by atoms with Gasteiger partial charge < -0.3 is 20.3 Å². The molecule has 2 aliphatic heterocycles. The fourth-order valence-electron chi connectivity index (χ4n) is 5.64. The Labute approximate surface area is 179 Å². The number of benzene rings is 1. The smallest absolute Gasteiger partial charge is 0.317 e. The van der Waals surface area contributed by atoms with E-state index in [1.807, 2.05) is 31.2 Å². The molecule has 1 aromatic carbocycles. The van der Waals surface area contributed by atoms with Gasteiger partial charge in [-0.05, 0) is 88.5 Å². The van der Waals surface area contributed by atoms with Crippen LogP contribution < -0.4 is 15.5 Å². The van der Waals surface area contributed by atoms with Crippen LogP contribution in [0.2, 0.25) is 0 Å². The van der Waals surface area contributed by atoms with Crippen LogP contribution in [0, 0.1) is 11.8 Å². The Morgan fingerprint density at radius 2 is 1.80 bits per heavy atom. The molecule has 2 bridgehead atoms. The molecule has 1 aliphatic carbocycles. The molecule has 6 heteroatoms. The number of nitrogens with one attached hydrogen (secondary N) is 2. The number of hydrogen-bond acceptors (Lipinski definition) is 4. The topological polar surface area (TPSA) is 70.7 Å². The van der Waals surface area contributed by atoms with Gasteiger partial charge in [-0.3, -0.25) is 4.79 Å². The number of hydrogen-bond donors (Lipinski definition) is 2. The molecule has 2 heterocycles. The van der Waals surface area contributed by atoms with Gasteiger partial charge in [0.15, 0.2) is 5.78 Å². The second kappa shape index (κ2) is 8.58. The van der Waals surface area contributed by atoms with Crippen LogP contribution in [0.4, 0.5) is 10.5 Å². The average molecular weight is 414 g/mol. The maximum atomic E-state index is 12.7. The van der Waals surface area contributed by atoms with Crippen LogP contribution in [0.1, 0.15) is 69.7 Å². The van der Waals surface area contributed by atoms with Crippen LogP contribution in [0.3, 0.4) is 0 Å². The lowest BCUT2D eigenvalue weighted by molar-refractivity contribution is -0.168. The van der Waals surface area contributed by atoms with Crippen LogP contribution >= 0.6 is 0 Å². The third kappa shape index (κ3) is 4.97. The molecule has 0 spiro atoms. The van der Waals surface area contributed by atoms with Crippen molar-refractivity contribution in [1.29, 1.82) is 0 Å². The SMILES string of the molecule is CC(=O)c1ccc(N2CCC(NC(=O)NC3(C)CC4CC(C)CC(C4)O3)CC2)cc1. The highest BCUT2D eigenvalue weighted by atomic mass is 16.5. The standard InChI is InChI=1S/C24H35N3O3/c1-16-12-18-14-22(13-16)30-24(3,15-18)26-23(29)25-20-8-10-27(11-9-20)21-6-4-19(5-7-21)17(2)28/h4-7,16,18,20,22H,8-15H2,1-3H3,(H2,25,26,29). The first-order chi connectivity index (χ1) is 14.3. The van der Waals surface area contributed by atoms with Crippen molar-refractivity contribution in [1.82, 2.24) is 10.6 Å². The van der Waals surface area contributed by atoms with Gasteiger partial charge >= 0.3 is 6.03 Å². The van der Waals surface area contributed by atoms with Crippen molar-refractivity contribution in [3.05, 3.63) is 29.8 Å². The van der Waals surface area contributed by atoms with Gasteiger partial charge in [-0.2, -0.15) is 0 Å². The van der Waals surface area contributed by atoms with Gasteiger partial charge in [0.05, 0.1) is 6.10 Å². The van der Waals surface area contributed by atoms with E-state index in [4.69, 9.17) is 4.74 Å². The highest BCUT2D eigenvalue weighted by Gasteiger charge is 2.42. The van der Waals surface area contributed by atoms with Crippen molar-refractivity contribution in [2.75, 3.05) is 18.0 Å². The van der Waals surface area contributed by atoms with Gasteiger partial charge in [0.25, 0.3) is 0 Å². The van der Waals surface area contributed by atoms with Gasteiger partial charge in [0, 0.05) is 30.4 Å². The molecule has 1 aromatic rings. The summed E-state index contributed by atoms with van der Waals surface area (Å²) in [5.41, 5.74) is 1.31. The molecule has 0 aromatic heterocycles. The minimum absolute atomic E-state index is 0.0873. The van der Waals surface area contributed by atoms with E-state index in [1.54, 1.807) is 6.92 Å². The minimum atomic E-state index is -0.559. The number of nitrogens with zero attached hydrogens (tertiary/aromatic N) is 1. The van der Waals surface area contributed by atoms with E-state index in [2.05, 4.69) is 22.5 Å². The summed E-state index contributed by atoms with van der Waals surface area (Å²) < 4.78 is 6.27. The Morgan fingerprint density at radius 3 is 2.43 bits per heavy atom. The summed E-state index contributed by atoms with van der Waals surface area (Å²) in [4.78, 5) is 26.4. The first-order valence-corrected chi connectivity index (χ1v) is 11.4. The largest absolute Gasteiger partial charge is 0.371 e. The summed E-state index contributed by atoms with van der Waals surface area (Å²) in [6.07, 6.45) is 6.46. The maximum absolute atomic E-state index is 12.7. The number of urea groups is 1. The van der Waals surface area contributed by atoms with Gasteiger partial charge in [-0.1, -0.05) is 6.92 Å². The second-order valence-corrected chi connectivity index (χ2v) is 9.82. The van der Waals surface area contributed by atoms with Crippen LogP contribution in [0.5, 0.6) is 0 Å². The Bertz CT molecular complexity index is 752. The van der Waals surface area contributed by atoms with Crippen LogP contribution in [-0.2, 0) is 4.74 Å². The molecule has 4 atom stereocenters. The van der Waals surface area contributed by atoms with E-state index >= 15 is 0 Å². The number of Topliss-reactive ketones (excluding diaryl/α,β-unsaturated/α-hetero) is 1. The van der Waals surface area contributed by atoms with Crippen molar-refractivity contribution in [3.8, 4) is 0 Å². The van der Waals surface area contributed by atoms with Crippen LogP contribution in [0.15, 0.2) is 24.3 Å². The third-order valence-corrected chi connectivity index (χ3v) is 6.95. The molecule has 30 heavy (non-hydrogen) atoms. The summed E-state index contributed by atoms with van der Waals surface area (Å²) in [6, 6.07) is 7.85. The molecule has 1 saturated carbocycles. The van der Waals surface area contributed by atoms with Crippen molar-refractivity contribution < 1.29 is 14.3 Å². The average Bonchev–Trinajstić information content (AvgIpc) is 2.67. The normalized spacial score (nSPS) is 31.8. The number of fused-ring (bicyclic) bond motifs is 2. The van der Waals surface area contributed by atoms with Crippen molar-refractivity contribution in [3.63, 3.8) is 0 Å². The number of ketones is 1. The predicted octanol–water partition coefficient (Wildman–Crippen LogP) is 4.10. The fourth-order valence-corrected chi connectivity index (χ4v) is 5.64. The fraction of sp³-hybridized carbons (Fsp3) is 0.667. The number of piperidine rings is 1. The first kappa shape index (κ1) is 21.2. The number of carbonyl (C=O) groups excluding carboxylic acids is 2. The number of anilines is 1. The van der Waals surface area contributed by atoms with E-state index in [0.29, 0.717) is 5.92 Å². The minimum Gasteiger partial charge on any atom is -0.371 e. The molecule has 0 radical (unpaired) electrons. The van der Waals surface area contributed by atoms with Gasteiger partial charge in [-0.25, -0.2) is 4.79 Å². The Kier molecular flexibility index (Phi) is 6.05. The van der Waals surface area contributed by atoms with E-state index in [9.17, 15) is 9.59 Å².